The summed E-state index contributed by atoms with van der Waals surface area (Å²) in [6.45, 7) is 4.38. The van der Waals surface area contributed by atoms with E-state index in [1.165, 1.54) is 7.11 Å². The molecule has 0 saturated heterocycles. The summed E-state index contributed by atoms with van der Waals surface area (Å²) in [7, 11) is 1.33. The molecule has 14 heavy (non-hydrogen) atoms. The number of hydrogen-bond acceptors (Lipinski definition) is 4. The van der Waals surface area contributed by atoms with Gasteiger partial charge in [-0.15, -0.1) is 0 Å². The number of esters is 1. The summed E-state index contributed by atoms with van der Waals surface area (Å²) in [5.74, 6) is 0.180. The maximum absolute atomic E-state index is 11.0. The van der Waals surface area contributed by atoms with Crippen LogP contribution >= 0.6 is 0 Å². The van der Waals surface area contributed by atoms with Crippen molar-refractivity contribution >= 4 is 5.97 Å². The van der Waals surface area contributed by atoms with Gasteiger partial charge in [-0.2, -0.15) is 5.10 Å². The minimum Gasteiger partial charge on any atom is -0.476 e. The van der Waals surface area contributed by atoms with Crippen LogP contribution in [0.3, 0.4) is 0 Å². The molecular formula is C9H14N2O3. The zero-order valence-electron chi connectivity index (χ0n) is 8.56. The third-order valence-electron chi connectivity index (χ3n) is 1.78. The highest BCUT2D eigenvalue weighted by atomic mass is 16.6. The second-order valence-corrected chi connectivity index (χ2v) is 2.81. The van der Waals surface area contributed by atoms with Crippen LogP contribution in [0.25, 0.3) is 0 Å². The van der Waals surface area contributed by atoms with Crippen LogP contribution in [0.5, 0.6) is 5.75 Å². The van der Waals surface area contributed by atoms with E-state index in [1.54, 1.807) is 24.0 Å². The number of nitrogens with zero attached hydrogens (tertiary/aromatic N) is 2. The maximum atomic E-state index is 11.0. The first-order valence-electron chi connectivity index (χ1n) is 4.44. The number of hydrogen-bond donors (Lipinski definition) is 0. The number of carbonyl (C=O) groups excluding carboxylic acids is 1. The summed E-state index contributed by atoms with van der Waals surface area (Å²) in [4.78, 5) is 11.0. The Bertz CT molecular complexity index is 309. The molecule has 78 valence electrons. The second kappa shape index (κ2) is 4.64. The van der Waals surface area contributed by atoms with Crippen molar-refractivity contribution in [2.75, 3.05) is 7.11 Å². The van der Waals surface area contributed by atoms with Crippen LogP contribution in [-0.2, 0) is 16.1 Å². The molecule has 0 bridgehead atoms. The third-order valence-corrected chi connectivity index (χ3v) is 1.78. The van der Waals surface area contributed by atoms with Gasteiger partial charge in [0.25, 0.3) is 0 Å². The molecule has 1 aromatic rings. The fourth-order valence-corrected chi connectivity index (χ4v) is 0.997. The van der Waals surface area contributed by atoms with E-state index in [9.17, 15) is 4.79 Å². The summed E-state index contributed by atoms with van der Waals surface area (Å²) < 4.78 is 11.5. The van der Waals surface area contributed by atoms with E-state index >= 15 is 0 Å². The summed E-state index contributed by atoms with van der Waals surface area (Å²) in [6, 6.07) is 0. The molecule has 1 heterocycles. The lowest BCUT2D eigenvalue weighted by Gasteiger charge is -2.09. The SMILES string of the molecule is CCn1cc(OC(C)C(=O)OC)cn1. The van der Waals surface area contributed by atoms with E-state index in [4.69, 9.17) is 4.74 Å². The van der Waals surface area contributed by atoms with E-state index < -0.39 is 12.1 Å². The molecule has 0 aliphatic carbocycles. The van der Waals surface area contributed by atoms with Gasteiger partial charge >= 0.3 is 5.97 Å². The molecule has 0 radical (unpaired) electrons. The Morgan fingerprint density at radius 3 is 2.93 bits per heavy atom. The first kappa shape index (κ1) is 10.6. The van der Waals surface area contributed by atoms with E-state index in [0.29, 0.717) is 5.75 Å². The molecule has 0 amide bonds. The van der Waals surface area contributed by atoms with Gasteiger partial charge in [-0.05, 0) is 13.8 Å². The molecule has 1 atom stereocenters. The number of rotatable bonds is 4. The van der Waals surface area contributed by atoms with Crippen LogP contribution in [-0.4, -0.2) is 29.0 Å². The summed E-state index contributed by atoms with van der Waals surface area (Å²) >= 11 is 0. The molecule has 0 aliphatic rings. The van der Waals surface area contributed by atoms with Crippen LogP contribution in [0.1, 0.15) is 13.8 Å². The van der Waals surface area contributed by atoms with Crippen molar-refractivity contribution in [2.45, 2.75) is 26.5 Å². The van der Waals surface area contributed by atoms with Gasteiger partial charge < -0.3 is 9.47 Å². The van der Waals surface area contributed by atoms with Gasteiger partial charge in [-0.25, -0.2) is 4.79 Å². The lowest BCUT2D eigenvalue weighted by molar-refractivity contribution is -0.147. The molecule has 1 aromatic heterocycles. The molecule has 5 nitrogen and oxygen atoms in total. The van der Waals surface area contributed by atoms with E-state index in [2.05, 4.69) is 9.84 Å². The quantitative estimate of drug-likeness (QED) is 0.673. The monoisotopic (exact) mass is 198 g/mol. The maximum Gasteiger partial charge on any atom is 0.346 e. The molecular weight excluding hydrogens is 184 g/mol. The van der Waals surface area contributed by atoms with E-state index in [1.807, 2.05) is 6.92 Å². The molecule has 1 unspecified atom stereocenters. The van der Waals surface area contributed by atoms with Crippen LogP contribution in [0.15, 0.2) is 12.4 Å². The fraction of sp³-hybridized carbons (Fsp3) is 0.556. The van der Waals surface area contributed by atoms with Gasteiger partial charge in [0.15, 0.2) is 11.9 Å². The van der Waals surface area contributed by atoms with Crippen molar-refractivity contribution in [1.82, 2.24) is 9.78 Å². The summed E-state index contributed by atoms with van der Waals surface area (Å²) in [5, 5.41) is 4.01. The van der Waals surface area contributed by atoms with Gasteiger partial charge in [-0.1, -0.05) is 0 Å². The highest BCUT2D eigenvalue weighted by Gasteiger charge is 2.15. The molecule has 5 heteroatoms. The minimum atomic E-state index is -0.602. The summed E-state index contributed by atoms with van der Waals surface area (Å²) in [6.07, 6.45) is 2.71. The Morgan fingerprint density at radius 1 is 1.71 bits per heavy atom. The first-order chi connectivity index (χ1) is 6.67. The lowest BCUT2D eigenvalue weighted by atomic mass is 10.4. The van der Waals surface area contributed by atoms with Crippen molar-refractivity contribution in [3.05, 3.63) is 12.4 Å². The molecule has 0 aliphatic heterocycles. The average Bonchev–Trinajstić information content (AvgIpc) is 2.64. The van der Waals surface area contributed by atoms with Gasteiger partial charge in [-0.3, -0.25) is 4.68 Å². The van der Waals surface area contributed by atoms with Gasteiger partial charge in [0, 0.05) is 6.54 Å². The molecule has 1 rings (SSSR count). The van der Waals surface area contributed by atoms with Crippen molar-refractivity contribution in [2.24, 2.45) is 0 Å². The van der Waals surface area contributed by atoms with Crippen LogP contribution in [0, 0.1) is 0 Å². The Morgan fingerprint density at radius 2 is 2.43 bits per heavy atom. The Hall–Kier alpha value is -1.52. The smallest absolute Gasteiger partial charge is 0.346 e. The molecule has 0 fully saturated rings. The number of aryl methyl sites for hydroxylation is 1. The minimum absolute atomic E-state index is 0.394. The van der Waals surface area contributed by atoms with Crippen LogP contribution in [0.4, 0.5) is 0 Å². The van der Waals surface area contributed by atoms with Crippen molar-refractivity contribution in [3.63, 3.8) is 0 Å². The van der Waals surface area contributed by atoms with Crippen molar-refractivity contribution in [1.29, 1.82) is 0 Å². The van der Waals surface area contributed by atoms with E-state index in [0.717, 1.165) is 6.54 Å². The predicted octanol–water partition coefficient (Wildman–Crippen LogP) is 0.843. The number of carbonyl (C=O) groups is 1. The largest absolute Gasteiger partial charge is 0.476 e. The Labute approximate surface area is 82.6 Å². The molecule has 0 aromatic carbocycles. The number of ether oxygens (including phenoxy) is 2. The predicted molar refractivity (Wildman–Crippen MR) is 50.0 cm³/mol. The highest BCUT2D eigenvalue weighted by Crippen LogP contribution is 2.10. The standard InChI is InChI=1S/C9H14N2O3/c1-4-11-6-8(5-10-11)14-7(2)9(12)13-3/h5-7H,4H2,1-3H3. The van der Waals surface area contributed by atoms with Crippen LogP contribution in [0.2, 0.25) is 0 Å². The Balaban J connectivity index is 2.55. The molecule has 0 N–H and O–H groups in total. The summed E-state index contributed by atoms with van der Waals surface area (Å²) in [5.41, 5.74) is 0. The normalized spacial score (nSPS) is 12.2. The zero-order chi connectivity index (χ0) is 10.6. The van der Waals surface area contributed by atoms with Crippen LogP contribution < -0.4 is 4.74 Å². The van der Waals surface area contributed by atoms with Crippen molar-refractivity contribution < 1.29 is 14.3 Å². The Kier molecular flexibility index (Phi) is 3.50. The third kappa shape index (κ3) is 2.48. The first-order valence-corrected chi connectivity index (χ1v) is 4.44. The second-order valence-electron chi connectivity index (χ2n) is 2.81. The average molecular weight is 198 g/mol. The molecule has 0 spiro atoms. The topological polar surface area (TPSA) is 53.4 Å². The molecule has 0 saturated carbocycles. The number of aromatic nitrogens is 2. The van der Waals surface area contributed by atoms with Crippen molar-refractivity contribution in [3.8, 4) is 5.75 Å². The van der Waals surface area contributed by atoms with Gasteiger partial charge in [0.05, 0.1) is 19.5 Å². The van der Waals surface area contributed by atoms with E-state index in [-0.39, 0.29) is 0 Å². The number of methoxy groups -OCH3 is 1. The highest BCUT2D eigenvalue weighted by molar-refractivity contribution is 5.74. The van der Waals surface area contributed by atoms with Gasteiger partial charge in [0.1, 0.15) is 0 Å². The lowest BCUT2D eigenvalue weighted by Crippen LogP contribution is -2.24. The van der Waals surface area contributed by atoms with Gasteiger partial charge in [0.2, 0.25) is 0 Å². The fourth-order valence-electron chi connectivity index (χ4n) is 0.997. The zero-order valence-corrected chi connectivity index (χ0v) is 8.56.